The van der Waals surface area contributed by atoms with E-state index in [2.05, 4.69) is 16.0 Å². The number of rotatable bonds is 15. The Hall–Kier alpha value is -2.24. The SMILES string of the molecule is CC(C)CC(NC(=O)C(N)CCCCN)C(=O)NC(C(=O)NC(CO)C(=O)O)C(C)C. The van der Waals surface area contributed by atoms with Gasteiger partial charge in [-0.2, -0.15) is 0 Å². The molecule has 0 aliphatic rings. The number of nitrogens with two attached hydrogens (primary N) is 2. The van der Waals surface area contributed by atoms with E-state index in [0.717, 1.165) is 6.42 Å². The minimum absolute atomic E-state index is 0.0709. The molecule has 0 saturated heterocycles. The summed E-state index contributed by atoms with van der Waals surface area (Å²) >= 11 is 0. The molecule has 4 atom stereocenters. The van der Waals surface area contributed by atoms with E-state index >= 15 is 0 Å². The van der Waals surface area contributed by atoms with Crippen molar-refractivity contribution in [2.24, 2.45) is 23.3 Å². The number of nitrogens with one attached hydrogen (secondary N) is 3. The van der Waals surface area contributed by atoms with Gasteiger partial charge in [0.05, 0.1) is 12.6 Å². The zero-order chi connectivity index (χ0) is 24.1. The number of unbranched alkanes of at least 4 members (excludes halogenated alkanes) is 1. The third-order valence-electron chi connectivity index (χ3n) is 4.69. The first-order valence-corrected chi connectivity index (χ1v) is 10.6. The molecule has 0 saturated carbocycles. The van der Waals surface area contributed by atoms with Crippen molar-refractivity contribution in [2.45, 2.75) is 77.5 Å². The monoisotopic (exact) mass is 445 g/mol. The minimum atomic E-state index is -1.48. The van der Waals surface area contributed by atoms with Gasteiger partial charge in [0.25, 0.3) is 0 Å². The van der Waals surface area contributed by atoms with Crippen molar-refractivity contribution in [3.63, 3.8) is 0 Å². The summed E-state index contributed by atoms with van der Waals surface area (Å²) in [6.45, 7) is 6.86. The standard InChI is InChI=1S/C20H39N5O6/c1-11(2)9-14(23-17(27)13(22)7-5-6-8-21)18(28)25-16(12(3)4)19(29)24-15(10-26)20(30)31/h11-16,26H,5-10,21-22H2,1-4H3,(H,23,27)(H,24,29)(H,25,28)(H,30,31). The maximum absolute atomic E-state index is 12.9. The fourth-order valence-corrected chi connectivity index (χ4v) is 2.86. The van der Waals surface area contributed by atoms with Crippen LogP contribution in [-0.2, 0) is 19.2 Å². The molecule has 0 aliphatic heterocycles. The van der Waals surface area contributed by atoms with Gasteiger partial charge in [-0.15, -0.1) is 0 Å². The Bertz CT molecular complexity index is 599. The second-order valence-electron chi connectivity index (χ2n) is 8.39. The molecular formula is C20H39N5O6. The zero-order valence-electron chi connectivity index (χ0n) is 18.9. The number of carbonyl (C=O) groups excluding carboxylic acids is 3. The van der Waals surface area contributed by atoms with Crippen molar-refractivity contribution in [2.75, 3.05) is 13.2 Å². The van der Waals surface area contributed by atoms with Gasteiger partial charge in [0.1, 0.15) is 18.1 Å². The number of carboxylic acid groups (broad SMARTS) is 1. The van der Waals surface area contributed by atoms with Crippen LogP contribution in [0.15, 0.2) is 0 Å². The van der Waals surface area contributed by atoms with E-state index in [1.165, 1.54) is 0 Å². The molecule has 9 N–H and O–H groups in total. The lowest BCUT2D eigenvalue weighted by atomic mass is 9.99. The molecule has 11 heteroatoms. The van der Waals surface area contributed by atoms with Crippen LogP contribution in [0, 0.1) is 11.8 Å². The van der Waals surface area contributed by atoms with Crippen LogP contribution in [0.5, 0.6) is 0 Å². The van der Waals surface area contributed by atoms with Gasteiger partial charge in [0, 0.05) is 0 Å². The van der Waals surface area contributed by atoms with Crippen LogP contribution in [0.25, 0.3) is 0 Å². The molecule has 0 aromatic carbocycles. The van der Waals surface area contributed by atoms with Gasteiger partial charge in [-0.3, -0.25) is 14.4 Å². The maximum Gasteiger partial charge on any atom is 0.328 e. The highest BCUT2D eigenvalue weighted by Gasteiger charge is 2.31. The third kappa shape index (κ3) is 11.1. The molecule has 0 rings (SSSR count). The molecule has 0 bridgehead atoms. The number of hydrogen-bond donors (Lipinski definition) is 7. The van der Waals surface area contributed by atoms with E-state index in [9.17, 15) is 19.2 Å². The smallest absolute Gasteiger partial charge is 0.328 e. The van der Waals surface area contributed by atoms with E-state index in [0.29, 0.717) is 25.8 Å². The summed E-state index contributed by atoms with van der Waals surface area (Å²) in [5.41, 5.74) is 11.3. The summed E-state index contributed by atoms with van der Waals surface area (Å²) in [6.07, 6.45) is 2.20. The number of aliphatic hydroxyl groups excluding tert-OH is 1. The lowest BCUT2D eigenvalue weighted by Crippen LogP contribution is -2.59. The highest BCUT2D eigenvalue weighted by molar-refractivity contribution is 5.94. The normalized spacial score (nSPS) is 15.1. The number of carboxylic acids is 1. The van der Waals surface area contributed by atoms with Gasteiger partial charge >= 0.3 is 5.97 Å². The molecular weight excluding hydrogens is 406 g/mol. The Morgan fingerprint density at radius 3 is 1.90 bits per heavy atom. The summed E-state index contributed by atoms with van der Waals surface area (Å²) in [6, 6.07) is -4.22. The van der Waals surface area contributed by atoms with E-state index in [1.807, 2.05) is 13.8 Å². The molecule has 0 aliphatic carbocycles. The minimum Gasteiger partial charge on any atom is -0.480 e. The first-order chi connectivity index (χ1) is 14.4. The fraction of sp³-hybridized carbons (Fsp3) is 0.800. The van der Waals surface area contributed by atoms with Crippen molar-refractivity contribution >= 4 is 23.7 Å². The summed E-state index contributed by atoms with van der Waals surface area (Å²) < 4.78 is 0. The Morgan fingerprint density at radius 2 is 1.45 bits per heavy atom. The second kappa shape index (κ2) is 14.7. The second-order valence-corrected chi connectivity index (χ2v) is 8.39. The third-order valence-corrected chi connectivity index (χ3v) is 4.69. The lowest BCUT2D eigenvalue weighted by molar-refractivity contribution is -0.143. The average molecular weight is 446 g/mol. The van der Waals surface area contributed by atoms with Gasteiger partial charge in [-0.05, 0) is 37.6 Å². The molecule has 31 heavy (non-hydrogen) atoms. The van der Waals surface area contributed by atoms with Gasteiger partial charge in [0.2, 0.25) is 17.7 Å². The molecule has 0 aromatic heterocycles. The zero-order valence-corrected chi connectivity index (χ0v) is 18.9. The van der Waals surface area contributed by atoms with E-state index < -0.39 is 54.5 Å². The maximum atomic E-state index is 12.9. The summed E-state index contributed by atoms with van der Waals surface area (Å²) in [5.74, 6) is -3.46. The first-order valence-electron chi connectivity index (χ1n) is 10.6. The first kappa shape index (κ1) is 28.8. The van der Waals surface area contributed by atoms with Crippen LogP contribution in [-0.4, -0.2) is 71.2 Å². The average Bonchev–Trinajstić information content (AvgIpc) is 2.68. The highest BCUT2D eigenvalue weighted by Crippen LogP contribution is 2.09. The molecule has 180 valence electrons. The van der Waals surface area contributed by atoms with Crippen molar-refractivity contribution < 1.29 is 29.4 Å². The number of aliphatic hydroxyl groups is 1. The molecule has 0 spiro atoms. The van der Waals surface area contributed by atoms with Crippen molar-refractivity contribution in [3.05, 3.63) is 0 Å². The lowest BCUT2D eigenvalue weighted by Gasteiger charge is -2.27. The molecule has 0 aromatic rings. The van der Waals surface area contributed by atoms with E-state index in [-0.39, 0.29) is 11.8 Å². The Morgan fingerprint density at radius 1 is 0.871 bits per heavy atom. The number of aliphatic carboxylic acids is 1. The fourth-order valence-electron chi connectivity index (χ4n) is 2.86. The Balaban J connectivity index is 5.25. The van der Waals surface area contributed by atoms with Crippen molar-refractivity contribution in [1.82, 2.24) is 16.0 Å². The molecule has 3 amide bonds. The van der Waals surface area contributed by atoms with Crippen molar-refractivity contribution in [1.29, 1.82) is 0 Å². The predicted octanol–water partition coefficient (Wildman–Crippen LogP) is -1.32. The Kier molecular flexibility index (Phi) is 13.6. The molecule has 0 radical (unpaired) electrons. The largest absolute Gasteiger partial charge is 0.480 e. The van der Waals surface area contributed by atoms with Gasteiger partial charge < -0.3 is 37.6 Å². The Labute approximate surface area is 183 Å². The topological polar surface area (TPSA) is 197 Å². The quantitative estimate of drug-likeness (QED) is 0.150. The molecule has 4 unspecified atom stereocenters. The van der Waals surface area contributed by atoms with Crippen LogP contribution >= 0.6 is 0 Å². The van der Waals surface area contributed by atoms with E-state index in [1.54, 1.807) is 13.8 Å². The van der Waals surface area contributed by atoms with Gasteiger partial charge in [-0.1, -0.05) is 34.1 Å². The van der Waals surface area contributed by atoms with Crippen LogP contribution in [0.2, 0.25) is 0 Å². The van der Waals surface area contributed by atoms with Crippen LogP contribution in [0.4, 0.5) is 0 Å². The predicted molar refractivity (Wildman–Crippen MR) is 116 cm³/mol. The number of amides is 3. The van der Waals surface area contributed by atoms with Gasteiger partial charge in [0.15, 0.2) is 0 Å². The van der Waals surface area contributed by atoms with Gasteiger partial charge in [-0.25, -0.2) is 4.79 Å². The van der Waals surface area contributed by atoms with Crippen LogP contribution in [0.1, 0.15) is 53.4 Å². The summed E-state index contributed by atoms with van der Waals surface area (Å²) in [7, 11) is 0. The van der Waals surface area contributed by atoms with Crippen LogP contribution in [0.3, 0.4) is 0 Å². The summed E-state index contributed by atoms with van der Waals surface area (Å²) in [5, 5.41) is 25.6. The number of hydrogen-bond acceptors (Lipinski definition) is 7. The summed E-state index contributed by atoms with van der Waals surface area (Å²) in [4.78, 5) is 48.9. The molecule has 0 fully saturated rings. The number of carbonyl (C=O) groups is 4. The van der Waals surface area contributed by atoms with Crippen LogP contribution < -0.4 is 27.4 Å². The highest BCUT2D eigenvalue weighted by atomic mass is 16.4. The molecule has 0 heterocycles. The van der Waals surface area contributed by atoms with Crippen molar-refractivity contribution in [3.8, 4) is 0 Å². The van der Waals surface area contributed by atoms with E-state index in [4.69, 9.17) is 21.7 Å². The molecule has 11 nitrogen and oxygen atoms in total.